The molecule has 0 unspecified atom stereocenters. The molecule has 0 saturated heterocycles. The predicted octanol–water partition coefficient (Wildman–Crippen LogP) is 1.64. The summed E-state index contributed by atoms with van der Waals surface area (Å²) in [4.78, 5) is 0. The van der Waals surface area contributed by atoms with Crippen molar-refractivity contribution in [2.45, 2.75) is 33.7 Å². The van der Waals surface area contributed by atoms with E-state index in [1.165, 1.54) is 5.31 Å². The standard InChI is InChI=1S/C5H13N.CH4/c1-5(2,3)6-4;/h6H,1-4H3;1H4/i/hT. The molecule has 0 bridgehead atoms. The lowest BCUT2D eigenvalue weighted by Crippen LogP contribution is -2.31. The highest BCUT2D eigenvalue weighted by Gasteiger charge is 2.01. The minimum atomic E-state index is 0. The lowest BCUT2D eigenvalue weighted by Gasteiger charge is -2.15. The third-order valence-corrected chi connectivity index (χ3v) is 0.671. The van der Waals surface area contributed by atoms with Gasteiger partial charge in [-0.15, -0.1) is 0 Å². The normalized spacial score (nSPS) is 13.0. The minimum absolute atomic E-state index is 0. The zero-order chi connectivity index (χ0) is 6.08. The van der Waals surface area contributed by atoms with Crippen LogP contribution in [-0.2, 0) is 0 Å². The molecule has 0 radical (unpaired) electrons. The van der Waals surface area contributed by atoms with Gasteiger partial charge in [-0.1, -0.05) is 7.43 Å². The van der Waals surface area contributed by atoms with Gasteiger partial charge in [-0.3, -0.25) is 0 Å². The Balaban J connectivity index is 0. The van der Waals surface area contributed by atoms with Gasteiger partial charge in [0.1, 0.15) is 1.41 Å². The Labute approximate surface area is 48.6 Å². The predicted molar refractivity (Wildman–Crippen MR) is 35.5 cm³/mol. The molecular weight excluding hydrogens is 86.1 g/mol. The van der Waals surface area contributed by atoms with Crippen LogP contribution in [0.3, 0.4) is 0 Å². The molecule has 7 heavy (non-hydrogen) atoms. The van der Waals surface area contributed by atoms with E-state index < -0.39 is 0 Å². The first-order valence-electron chi connectivity index (χ1n) is 2.62. The topological polar surface area (TPSA) is 12.0 Å². The van der Waals surface area contributed by atoms with E-state index in [1.807, 2.05) is 20.8 Å². The molecule has 0 saturated carbocycles. The molecule has 1 nitrogen and oxygen atoms in total. The Morgan fingerprint density at radius 2 is 1.57 bits per heavy atom. The van der Waals surface area contributed by atoms with Crippen LogP contribution in [0.1, 0.15) is 28.2 Å². The number of nitrogens with one attached hydrogen (secondary N) is 1. The van der Waals surface area contributed by atoms with Gasteiger partial charge in [0, 0.05) is 5.54 Å². The summed E-state index contributed by atoms with van der Waals surface area (Å²) < 4.78 is 7.06. The molecule has 0 aromatic rings. The van der Waals surface area contributed by atoms with Crippen LogP contribution in [0, 0.1) is 0 Å². The second-order valence-electron chi connectivity index (χ2n) is 2.39. The molecule has 0 aliphatic carbocycles. The molecule has 0 aromatic heterocycles. The maximum Gasteiger partial charge on any atom is 0.122 e. The molecule has 1 N–H and O–H groups in total. The van der Waals surface area contributed by atoms with Gasteiger partial charge in [-0.2, -0.15) is 0 Å². The van der Waals surface area contributed by atoms with Crippen molar-refractivity contribution >= 4 is 0 Å². The molecule has 0 spiro atoms. The Morgan fingerprint density at radius 1 is 1.43 bits per heavy atom. The fourth-order valence-electron chi connectivity index (χ4n) is 0. The first-order chi connectivity index (χ1) is 2.94. The summed E-state index contributed by atoms with van der Waals surface area (Å²) in [6.45, 7) is 6.00. The van der Waals surface area contributed by atoms with E-state index in [-0.39, 0.29) is 13.0 Å². The highest BCUT2D eigenvalue weighted by atomic mass is 14.9. The highest BCUT2D eigenvalue weighted by Crippen LogP contribution is 1.93. The average molecular weight is 105 g/mol. The summed E-state index contributed by atoms with van der Waals surface area (Å²) >= 11 is 0. The quantitative estimate of drug-likeness (QED) is 0.494. The fraction of sp³-hybridized carbons (Fsp3) is 1.00. The van der Waals surface area contributed by atoms with E-state index >= 15 is 0 Å². The van der Waals surface area contributed by atoms with Gasteiger partial charge in [0.2, 0.25) is 0 Å². The van der Waals surface area contributed by atoms with Crippen molar-refractivity contribution in [2.24, 2.45) is 0 Å². The summed E-state index contributed by atoms with van der Waals surface area (Å²) in [6, 6.07) is 0. The third-order valence-electron chi connectivity index (χ3n) is 0.671. The second kappa shape index (κ2) is 3.03. The van der Waals surface area contributed by atoms with E-state index in [2.05, 4.69) is 0 Å². The molecule has 0 aromatic carbocycles. The Morgan fingerprint density at radius 3 is 1.57 bits per heavy atom. The van der Waals surface area contributed by atoms with E-state index in [0.29, 0.717) is 0 Å². The van der Waals surface area contributed by atoms with E-state index in [1.54, 1.807) is 7.05 Å². The van der Waals surface area contributed by atoms with Gasteiger partial charge in [0.15, 0.2) is 0 Å². The van der Waals surface area contributed by atoms with Crippen molar-refractivity contribution in [1.29, 1.82) is 0 Å². The molecule has 0 heterocycles. The maximum absolute atomic E-state index is 7.06. The zero-order valence-corrected chi connectivity index (χ0v) is 4.95. The Kier molecular flexibility index (Phi) is 3.01. The first-order valence-corrected chi connectivity index (χ1v) is 2.17. The maximum atomic E-state index is 7.06. The molecular formula is C6H17N. The molecule has 0 atom stereocenters. The van der Waals surface area contributed by atoms with Gasteiger partial charge in [0.05, 0.1) is 0 Å². The van der Waals surface area contributed by atoms with E-state index in [4.69, 9.17) is 1.41 Å². The minimum Gasteiger partial charge on any atom is -0.315 e. The van der Waals surface area contributed by atoms with Crippen molar-refractivity contribution in [1.82, 2.24) is 5.31 Å². The van der Waals surface area contributed by atoms with Gasteiger partial charge < -0.3 is 5.31 Å². The van der Waals surface area contributed by atoms with E-state index in [0.717, 1.165) is 0 Å². The molecule has 0 aliphatic heterocycles. The molecule has 1 heteroatoms. The first kappa shape index (κ1) is 6.96. The molecule has 46 valence electrons. The lowest BCUT2D eigenvalue weighted by molar-refractivity contribution is 0.469. The molecule has 0 fully saturated rings. The molecule has 0 amide bonds. The molecule has 0 aliphatic rings. The van der Waals surface area contributed by atoms with Crippen LogP contribution in [0.25, 0.3) is 0 Å². The average Bonchev–Trinajstić information content (AvgIpc) is 1.31. The Bertz CT molecular complexity index is 54.0. The van der Waals surface area contributed by atoms with E-state index in [9.17, 15) is 0 Å². The monoisotopic (exact) mass is 105 g/mol. The van der Waals surface area contributed by atoms with Crippen LogP contribution in [0.15, 0.2) is 0 Å². The highest BCUT2D eigenvalue weighted by molar-refractivity contribution is 4.65. The number of hydrogen-bond donors (Lipinski definition) is 1. The van der Waals surface area contributed by atoms with Crippen LogP contribution in [0.5, 0.6) is 0 Å². The summed E-state index contributed by atoms with van der Waals surface area (Å²) in [5.41, 5.74) is 0. The lowest BCUT2D eigenvalue weighted by atomic mass is 10.1. The largest absolute Gasteiger partial charge is 0.315 e. The zero-order valence-electron chi connectivity index (χ0n) is 5.95. The van der Waals surface area contributed by atoms with Crippen molar-refractivity contribution in [3.05, 3.63) is 0 Å². The van der Waals surface area contributed by atoms with Crippen molar-refractivity contribution in [2.75, 3.05) is 7.05 Å². The van der Waals surface area contributed by atoms with Crippen LogP contribution in [0.2, 0.25) is 1.41 Å². The van der Waals surface area contributed by atoms with Crippen LogP contribution < -0.4 is 5.31 Å². The van der Waals surface area contributed by atoms with Crippen LogP contribution in [0.4, 0.5) is 0 Å². The summed E-state index contributed by atoms with van der Waals surface area (Å²) in [7, 11) is 1.75. The third kappa shape index (κ3) is 10.7. The molecule has 0 rings (SSSR count). The Hall–Kier alpha value is -0.0400. The van der Waals surface area contributed by atoms with Crippen molar-refractivity contribution < 1.29 is 1.41 Å². The van der Waals surface area contributed by atoms with Gasteiger partial charge in [-0.05, 0) is 27.8 Å². The van der Waals surface area contributed by atoms with Crippen LogP contribution >= 0.6 is 0 Å². The second-order valence-corrected chi connectivity index (χ2v) is 2.39. The SMILES string of the molecule is C.[3H]N(C)C(C)(C)C. The number of rotatable bonds is 0. The summed E-state index contributed by atoms with van der Waals surface area (Å²) in [6.07, 6.45) is 0. The fourth-order valence-corrected chi connectivity index (χ4v) is 0. The van der Waals surface area contributed by atoms with Crippen LogP contribution in [-0.4, -0.2) is 12.6 Å². The van der Waals surface area contributed by atoms with Gasteiger partial charge >= 0.3 is 0 Å². The summed E-state index contributed by atoms with van der Waals surface area (Å²) in [5.74, 6) is 0. The van der Waals surface area contributed by atoms with Gasteiger partial charge in [-0.25, -0.2) is 0 Å². The van der Waals surface area contributed by atoms with Gasteiger partial charge in [0.25, 0.3) is 0 Å². The summed E-state index contributed by atoms with van der Waals surface area (Å²) in [5, 5.41) is 1.44. The number of hydrogen-bond acceptors (Lipinski definition) is 1. The smallest absolute Gasteiger partial charge is 0.122 e. The van der Waals surface area contributed by atoms with Crippen molar-refractivity contribution in [3.8, 4) is 0 Å². The van der Waals surface area contributed by atoms with Crippen molar-refractivity contribution in [3.63, 3.8) is 0 Å².